The summed E-state index contributed by atoms with van der Waals surface area (Å²) in [6, 6.07) is 13.1. The molecule has 3 aromatic heterocycles. The number of rotatable bonds is 6. The third-order valence-corrected chi connectivity index (χ3v) is 6.06. The highest BCUT2D eigenvalue weighted by Gasteiger charge is 2.24. The number of fused-ring (bicyclic) bond motifs is 1. The molecule has 1 aromatic carbocycles. The molecule has 0 aliphatic rings. The van der Waals surface area contributed by atoms with Gasteiger partial charge in [0.25, 0.3) is 0 Å². The van der Waals surface area contributed by atoms with Crippen LogP contribution in [0.1, 0.15) is 18.2 Å². The van der Waals surface area contributed by atoms with Crippen molar-refractivity contribution in [1.29, 1.82) is 5.41 Å². The standard InChI is InChI=1S/C25H20ClFN4S/c1-3-4-17(11-12-28)25-23(21-10-7-19(27)15-29-21)24-22(13-18(26)14-30-24)31(25)32-20-8-5-16(2)6-9-20/h3-15,28H,1-2H3/b4-3+,17-11+,28-12?. The van der Waals surface area contributed by atoms with Crippen LogP contribution in [0.4, 0.5) is 4.39 Å². The van der Waals surface area contributed by atoms with Crippen molar-refractivity contribution in [3.05, 3.63) is 95.2 Å². The molecule has 0 radical (unpaired) electrons. The fourth-order valence-electron chi connectivity index (χ4n) is 3.42. The Bertz CT molecular complexity index is 1340. The first-order valence-corrected chi connectivity index (χ1v) is 11.1. The summed E-state index contributed by atoms with van der Waals surface area (Å²) < 4.78 is 15.7. The average Bonchev–Trinajstić information content (AvgIpc) is 3.09. The van der Waals surface area contributed by atoms with Gasteiger partial charge in [-0.1, -0.05) is 41.4 Å². The van der Waals surface area contributed by atoms with Crippen LogP contribution in [-0.4, -0.2) is 20.2 Å². The van der Waals surface area contributed by atoms with E-state index in [1.165, 1.54) is 36.0 Å². The van der Waals surface area contributed by atoms with Crippen LogP contribution in [0.5, 0.6) is 0 Å². The summed E-state index contributed by atoms with van der Waals surface area (Å²) in [5, 5.41) is 8.20. The highest BCUT2D eigenvalue weighted by atomic mass is 35.5. The summed E-state index contributed by atoms with van der Waals surface area (Å²) in [5.41, 5.74) is 5.62. The number of hydrogen-bond acceptors (Lipinski definition) is 4. The molecule has 0 amide bonds. The van der Waals surface area contributed by atoms with Crippen molar-refractivity contribution in [2.45, 2.75) is 18.7 Å². The Morgan fingerprint density at radius 1 is 1.12 bits per heavy atom. The number of nitrogens with zero attached hydrogens (tertiary/aromatic N) is 3. The van der Waals surface area contributed by atoms with Crippen LogP contribution in [0.2, 0.25) is 5.02 Å². The molecule has 1 N–H and O–H groups in total. The van der Waals surface area contributed by atoms with Crippen LogP contribution in [0.3, 0.4) is 0 Å². The van der Waals surface area contributed by atoms with Gasteiger partial charge >= 0.3 is 0 Å². The summed E-state index contributed by atoms with van der Waals surface area (Å²) in [7, 11) is 0. The molecule has 0 aliphatic carbocycles. The van der Waals surface area contributed by atoms with Crippen LogP contribution >= 0.6 is 23.5 Å². The molecular formula is C25H20ClFN4S. The van der Waals surface area contributed by atoms with Crippen molar-refractivity contribution in [1.82, 2.24) is 13.9 Å². The van der Waals surface area contributed by atoms with E-state index in [4.69, 9.17) is 17.0 Å². The fourth-order valence-corrected chi connectivity index (χ4v) is 4.57. The SMILES string of the molecule is C/C=C/C(=C\C=N)c1c(-c2ccc(F)cn2)c2ncc(Cl)cc2n1Sc1ccc(C)cc1. The van der Waals surface area contributed by atoms with E-state index in [0.29, 0.717) is 16.2 Å². The molecule has 0 bridgehead atoms. The Hall–Kier alpha value is -3.22. The largest absolute Gasteiger partial charge is 0.309 e. The summed E-state index contributed by atoms with van der Waals surface area (Å²) >= 11 is 7.86. The van der Waals surface area contributed by atoms with Gasteiger partial charge in [-0.25, -0.2) is 4.39 Å². The van der Waals surface area contributed by atoms with Gasteiger partial charge in [-0.05, 0) is 62.2 Å². The lowest BCUT2D eigenvalue weighted by Gasteiger charge is -2.12. The molecule has 7 heteroatoms. The molecule has 4 rings (SSSR count). The molecular weight excluding hydrogens is 443 g/mol. The third kappa shape index (κ3) is 4.38. The molecule has 0 fully saturated rings. The Morgan fingerprint density at radius 3 is 2.56 bits per heavy atom. The molecule has 0 atom stereocenters. The highest BCUT2D eigenvalue weighted by molar-refractivity contribution is 7.98. The van der Waals surface area contributed by atoms with E-state index in [9.17, 15) is 4.39 Å². The summed E-state index contributed by atoms with van der Waals surface area (Å²) in [5.74, 6) is -0.409. The summed E-state index contributed by atoms with van der Waals surface area (Å²) in [4.78, 5) is 9.98. The minimum atomic E-state index is -0.409. The smallest absolute Gasteiger partial charge is 0.141 e. The molecule has 4 aromatic rings. The van der Waals surface area contributed by atoms with Crippen molar-refractivity contribution in [2.75, 3.05) is 0 Å². The van der Waals surface area contributed by atoms with Gasteiger partial charge in [0, 0.05) is 22.9 Å². The predicted octanol–water partition coefficient (Wildman–Crippen LogP) is 7.36. The minimum Gasteiger partial charge on any atom is -0.309 e. The lowest BCUT2D eigenvalue weighted by Crippen LogP contribution is -1.97. The van der Waals surface area contributed by atoms with Crippen LogP contribution in [0.15, 0.2) is 78.0 Å². The topological polar surface area (TPSA) is 54.6 Å². The average molecular weight is 463 g/mol. The number of benzene rings is 1. The summed E-state index contributed by atoms with van der Waals surface area (Å²) in [6.07, 6.45) is 9.60. The van der Waals surface area contributed by atoms with Gasteiger partial charge in [0.1, 0.15) is 5.82 Å². The zero-order valence-electron chi connectivity index (χ0n) is 17.5. The van der Waals surface area contributed by atoms with E-state index in [1.54, 1.807) is 18.3 Å². The number of nitrogens with one attached hydrogen (secondary N) is 1. The normalized spacial score (nSPS) is 12.1. The van der Waals surface area contributed by atoms with Crippen molar-refractivity contribution >= 4 is 46.4 Å². The second kappa shape index (κ2) is 9.51. The van der Waals surface area contributed by atoms with Gasteiger partial charge in [-0.3, -0.25) is 13.9 Å². The molecule has 32 heavy (non-hydrogen) atoms. The number of halogens is 2. The van der Waals surface area contributed by atoms with Crippen molar-refractivity contribution < 1.29 is 4.39 Å². The first-order valence-electron chi connectivity index (χ1n) is 9.92. The minimum absolute atomic E-state index is 0.409. The molecule has 0 saturated carbocycles. The van der Waals surface area contributed by atoms with E-state index in [-0.39, 0.29) is 0 Å². The Balaban J connectivity index is 2.09. The maximum atomic E-state index is 13.6. The molecule has 0 spiro atoms. The molecule has 0 saturated heterocycles. The molecule has 160 valence electrons. The van der Waals surface area contributed by atoms with Crippen LogP contribution < -0.4 is 0 Å². The fraction of sp³-hybridized carbons (Fsp3) is 0.0800. The number of aromatic nitrogens is 3. The number of pyridine rings is 2. The highest BCUT2D eigenvalue weighted by Crippen LogP contribution is 2.42. The molecule has 0 unspecified atom stereocenters. The van der Waals surface area contributed by atoms with Crippen LogP contribution in [-0.2, 0) is 0 Å². The van der Waals surface area contributed by atoms with E-state index in [0.717, 1.165) is 27.2 Å². The first-order chi connectivity index (χ1) is 15.5. The molecule has 0 aliphatic heterocycles. The number of aryl methyl sites for hydroxylation is 1. The van der Waals surface area contributed by atoms with Crippen molar-refractivity contribution in [3.8, 4) is 11.3 Å². The van der Waals surface area contributed by atoms with Gasteiger partial charge in [0.2, 0.25) is 0 Å². The second-order valence-electron chi connectivity index (χ2n) is 7.09. The molecule has 4 nitrogen and oxygen atoms in total. The maximum absolute atomic E-state index is 13.6. The monoisotopic (exact) mass is 462 g/mol. The van der Waals surface area contributed by atoms with Crippen molar-refractivity contribution in [2.24, 2.45) is 0 Å². The lowest BCUT2D eigenvalue weighted by atomic mass is 10.0. The van der Waals surface area contributed by atoms with Crippen molar-refractivity contribution in [3.63, 3.8) is 0 Å². The van der Waals surface area contributed by atoms with Gasteiger partial charge in [-0.15, -0.1) is 0 Å². The van der Waals surface area contributed by atoms with E-state index >= 15 is 0 Å². The Kier molecular flexibility index (Phi) is 6.53. The summed E-state index contributed by atoms with van der Waals surface area (Å²) in [6.45, 7) is 3.97. The van der Waals surface area contributed by atoms with E-state index in [2.05, 4.69) is 38.2 Å². The Labute approximate surface area is 195 Å². The van der Waals surface area contributed by atoms with Gasteiger partial charge < -0.3 is 5.41 Å². The second-order valence-corrected chi connectivity index (χ2v) is 8.55. The zero-order chi connectivity index (χ0) is 22.7. The number of allylic oxidation sites excluding steroid dienone is 4. The lowest BCUT2D eigenvalue weighted by molar-refractivity contribution is 0.622. The molecule has 3 heterocycles. The quantitative estimate of drug-likeness (QED) is 0.240. The van der Waals surface area contributed by atoms with Crippen LogP contribution in [0, 0.1) is 18.2 Å². The zero-order valence-corrected chi connectivity index (χ0v) is 19.1. The number of hydrogen-bond donors (Lipinski definition) is 1. The van der Waals surface area contributed by atoms with Crippen LogP contribution in [0.25, 0.3) is 27.9 Å². The Morgan fingerprint density at radius 2 is 1.91 bits per heavy atom. The van der Waals surface area contributed by atoms with Gasteiger partial charge in [0.05, 0.1) is 39.2 Å². The maximum Gasteiger partial charge on any atom is 0.141 e. The third-order valence-electron chi connectivity index (χ3n) is 4.81. The van der Waals surface area contributed by atoms with Gasteiger partial charge in [-0.2, -0.15) is 0 Å². The predicted molar refractivity (Wildman–Crippen MR) is 132 cm³/mol. The first kappa shape index (κ1) is 22.0. The van der Waals surface area contributed by atoms with E-state index in [1.807, 2.05) is 32.1 Å². The van der Waals surface area contributed by atoms with Gasteiger partial charge in [0.15, 0.2) is 0 Å². The van der Waals surface area contributed by atoms with E-state index < -0.39 is 5.82 Å².